The number of nitrogens with one attached hydrogen (secondary N) is 2. The van der Waals surface area contributed by atoms with Crippen LogP contribution >= 0.6 is 0 Å². The first-order valence-corrected chi connectivity index (χ1v) is 11.9. The number of anilines is 1. The van der Waals surface area contributed by atoms with E-state index in [1.165, 1.54) is 22.5 Å². The average molecular weight is 466 g/mol. The van der Waals surface area contributed by atoms with Crippen molar-refractivity contribution in [2.24, 2.45) is 5.92 Å². The minimum Gasteiger partial charge on any atom is -0.462 e. The van der Waals surface area contributed by atoms with Gasteiger partial charge in [-0.05, 0) is 64.3 Å². The van der Waals surface area contributed by atoms with Gasteiger partial charge in [0.15, 0.2) is 0 Å². The molecule has 1 aromatic carbocycles. The fourth-order valence-corrected chi connectivity index (χ4v) is 5.97. The van der Waals surface area contributed by atoms with Crippen molar-refractivity contribution in [2.45, 2.75) is 45.4 Å². The highest BCUT2D eigenvalue weighted by Gasteiger charge is 2.38. The smallest absolute Gasteiger partial charge is 0.341 e. The maximum atomic E-state index is 13.5. The van der Waals surface area contributed by atoms with Gasteiger partial charge in [-0.25, -0.2) is 17.6 Å². The molecular formula is C22H28FN3O5S. The minimum atomic E-state index is -4.05. The summed E-state index contributed by atoms with van der Waals surface area (Å²) in [5, 5.41) is 2.77. The number of hydrogen-bond donors (Lipinski definition) is 2. The summed E-state index contributed by atoms with van der Waals surface area (Å²) in [6.07, 6.45) is 1.02. The zero-order valence-electron chi connectivity index (χ0n) is 18.6. The van der Waals surface area contributed by atoms with Crippen molar-refractivity contribution in [1.82, 2.24) is 9.29 Å². The third kappa shape index (κ3) is 4.71. The summed E-state index contributed by atoms with van der Waals surface area (Å²) in [5.74, 6) is -2.00. The van der Waals surface area contributed by atoms with E-state index < -0.39 is 27.7 Å². The first-order valence-electron chi connectivity index (χ1n) is 10.5. The van der Waals surface area contributed by atoms with Crippen LogP contribution in [0.1, 0.15) is 47.1 Å². The second-order valence-corrected chi connectivity index (χ2v) is 9.83. The molecule has 10 heteroatoms. The number of carbonyl (C=O) groups excluding carboxylic acids is 2. The van der Waals surface area contributed by atoms with Crippen LogP contribution in [0.4, 0.5) is 10.1 Å². The lowest BCUT2D eigenvalue weighted by Gasteiger charge is -2.31. The second-order valence-electron chi connectivity index (χ2n) is 7.95. The van der Waals surface area contributed by atoms with Crippen molar-refractivity contribution in [3.63, 3.8) is 0 Å². The summed E-state index contributed by atoms with van der Waals surface area (Å²) in [7, 11) is -4.05. The number of nitrogens with zero attached hydrogens (tertiary/aromatic N) is 1. The lowest BCUT2D eigenvalue weighted by molar-refractivity contribution is -0.120. The minimum absolute atomic E-state index is 0.00198. The van der Waals surface area contributed by atoms with Crippen molar-refractivity contribution in [2.75, 3.05) is 25.0 Å². The predicted molar refractivity (Wildman–Crippen MR) is 117 cm³/mol. The van der Waals surface area contributed by atoms with E-state index in [9.17, 15) is 22.4 Å². The molecule has 0 aliphatic carbocycles. The number of aromatic nitrogens is 1. The van der Waals surface area contributed by atoms with Crippen molar-refractivity contribution >= 4 is 27.6 Å². The normalized spacial score (nSPS) is 17.2. The number of ether oxygens (including phenoxy) is 1. The van der Waals surface area contributed by atoms with Gasteiger partial charge >= 0.3 is 5.97 Å². The molecule has 0 radical (unpaired) electrons. The number of aromatic amines is 1. The van der Waals surface area contributed by atoms with Crippen LogP contribution in [0.25, 0.3) is 0 Å². The molecule has 1 atom stereocenters. The fraction of sp³-hybridized carbons (Fsp3) is 0.455. The monoisotopic (exact) mass is 465 g/mol. The lowest BCUT2D eigenvalue weighted by atomic mass is 9.98. The van der Waals surface area contributed by atoms with Crippen LogP contribution in [0.15, 0.2) is 23.1 Å². The number of amides is 1. The highest BCUT2D eigenvalue weighted by molar-refractivity contribution is 7.89. The van der Waals surface area contributed by atoms with E-state index in [1.54, 1.807) is 27.7 Å². The van der Waals surface area contributed by atoms with Crippen LogP contribution in [0, 0.1) is 32.5 Å². The SMILES string of the molecule is CCOC(=O)c1c(C)[nH]c(C)c1S(=O)(=O)N1CCC[C@H](C(=O)Nc2ccc(F)cc2C)C1. The van der Waals surface area contributed by atoms with Gasteiger partial charge in [-0.1, -0.05) is 0 Å². The first-order chi connectivity index (χ1) is 15.1. The number of carbonyl (C=O) groups is 2. The number of rotatable bonds is 6. The van der Waals surface area contributed by atoms with Gasteiger partial charge in [-0.15, -0.1) is 0 Å². The van der Waals surface area contributed by atoms with Gasteiger partial charge in [-0.3, -0.25) is 4.79 Å². The summed E-state index contributed by atoms with van der Waals surface area (Å²) in [6.45, 7) is 6.90. The molecule has 1 saturated heterocycles. The Morgan fingerprint density at radius 3 is 2.62 bits per heavy atom. The predicted octanol–water partition coefficient (Wildman–Crippen LogP) is 3.30. The van der Waals surface area contributed by atoms with Crippen molar-refractivity contribution < 1.29 is 27.1 Å². The molecule has 1 aliphatic rings. The number of aryl methyl sites for hydroxylation is 3. The Morgan fingerprint density at radius 2 is 1.97 bits per heavy atom. The Bertz CT molecular complexity index is 1140. The van der Waals surface area contributed by atoms with Gasteiger partial charge in [0.1, 0.15) is 16.3 Å². The van der Waals surface area contributed by atoms with Crippen molar-refractivity contribution in [1.29, 1.82) is 0 Å². The number of benzene rings is 1. The standard InChI is InChI=1S/C22H28FN3O5S/c1-5-31-22(28)19-14(3)24-15(4)20(19)32(29,30)26-10-6-7-16(12-26)21(27)25-18-9-8-17(23)11-13(18)2/h8-9,11,16,24H,5-7,10,12H2,1-4H3,(H,25,27)/t16-/m0/s1. The van der Waals surface area contributed by atoms with Crippen molar-refractivity contribution in [3.05, 3.63) is 46.5 Å². The van der Waals surface area contributed by atoms with E-state index in [1.807, 2.05) is 0 Å². The number of piperidine rings is 1. The van der Waals surface area contributed by atoms with E-state index in [4.69, 9.17) is 4.74 Å². The molecule has 2 aromatic rings. The van der Waals surface area contributed by atoms with E-state index in [0.717, 1.165) is 0 Å². The molecule has 1 fully saturated rings. The van der Waals surface area contributed by atoms with E-state index in [-0.39, 0.29) is 36.1 Å². The van der Waals surface area contributed by atoms with Crippen LogP contribution in [-0.2, 0) is 19.6 Å². The van der Waals surface area contributed by atoms with Crippen LogP contribution in [0.3, 0.4) is 0 Å². The summed E-state index contributed by atoms with van der Waals surface area (Å²) < 4.78 is 46.6. The second kappa shape index (κ2) is 9.41. The zero-order valence-corrected chi connectivity index (χ0v) is 19.4. The highest BCUT2D eigenvalue weighted by atomic mass is 32.2. The number of H-pyrrole nitrogens is 1. The third-order valence-electron chi connectivity index (χ3n) is 5.60. The zero-order chi connectivity index (χ0) is 23.6. The molecule has 32 heavy (non-hydrogen) atoms. The molecule has 1 aromatic heterocycles. The molecule has 8 nitrogen and oxygen atoms in total. The van der Waals surface area contributed by atoms with Gasteiger partial charge in [0.25, 0.3) is 0 Å². The highest BCUT2D eigenvalue weighted by Crippen LogP contribution is 2.31. The summed E-state index contributed by atoms with van der Waals surface area (Å²) in [5.41, 5.74) is 1.82. The topological polar surface area (TPSA) is 109 Å². The van der Waals surface area contributed by atoms with E-state index in [2.05, 4.69) is 10.3 Å². The molecule has 174 valence electrons. The van der Waals surface area contributed by atoms with Gasteiger partial charge in [0.05, 0.1) is 12.5 Å². The van der Waals surface area contributed by atoms with Crippen molar-refractivity contribution in [3.8, 4) is 0 Å². The molecule has 0 spiro atoms. The Balaban J connectivity index is 1.84. The Kier molecular flexibility index (Phi) is 7.04. The molecule has 2 N–H and O–H groups in total. The molecule has 3 rings (SSSR count). The third-order valence-corrected chi connectivity index (χ3v) is 7.63. The summed E-state index contributed by atoms with van der Waals surface area (Å²) in [6, 6.07) is 4.06. The molecular weight excluding hydrogens is 437 g/mol. The molecule has 2 heterocycles. The molecule has 1 amide bonds. The summed E-state index contributed by atoms with van der Waals surface area (Å²) in [4.78, 5) is 28.1. The van der Waals surface area contributed by atoms with E-state index in [0.29, 0.717) is 35.5 Å². The number of esters is 1. The number of hydrogen-bond acceptors (Lipinski definition) is 5. The van der Waals surface area contributed by atoms with Gasteiger partial charge in [0.2, 0.25) is 15.9 Å². The molecule has 0 bridgehead atoms. The van der Waals surface area contributed by atoms with E-state index >= 15 is 0 Å². The molecule has 0 saturated carbocycles. The van der Waals surface area contributed by atoms with Gasteiger partial charge in [-0.2, -0.15) is 4.31 Å². The van der Waals surface area contributed by atoms with Crippen LogP contribution in [0.2, 0.25) is 0 Å². The Morgan fingerprint density at radius 1 is 1.25 bits per heavy atom. The maximum Gasteiger partial charge on any atom is 0.341 e. The molecule has 0 unspecified atom stereocenters. The van der Waals surface area contributed by atoms with Gasteiger partial charge in [0, 0.05) is 30.2 Å². The van der Waals surface area contributed by atoms with Crippen LogP contribution in [0.5, 0.6) is 0 Å². The largest absolute Gasteiger partial charge is 0.462 e. The quantitative estimate of drug-likeness (QED) is 0.637. The van der Waals surface area contributed by atoms with Gasteiger partial charge < -0.3 is 15.0 Å². The average Bonchev–Trinajstić information content (AvgIpc) is 3.04. The summed E-state index contributed by atoms with van der Waals surface area (Å²) >= 11 is 0. The number of sulfonamides is 1. The van der Waals surface area contributed by atoms with Crippen LogP contribution in [-0.4, -0.2) is 49.3 Å². The molecule has 1 aliphatic heterocycles. The van der Waals surface area contributed by atoms with Crippen LogP contribution < -0.4 is 5.32 Å². The first kappa shape index (κ1) is 23.9. The Labute approximate surface area is 187 Å². The number of halogens is 1. The maximum absolute atomic E-state index is 13.5. The lowest BCUT2D eigenvalue weighted by Crippen LogP contribution is -2.44. The fourth-order valence-electron chi connectivity index (χ4n) is 4.04. The Hall–Kier alpha value is -2.72.